The van der Waals surface area contributed by atoms with E-state index in [9.17, 15) is 8.42 Å². The molecular formula is C16H30N4O4S. The summed E-state index contributed by atoms with van der Waals surface area (Å²) in [5.41, 5.74) is 0. The number of guanidine groups is 1. The molecular weight excluding hydrogens is 344 g/mol. The zero-order chi connectivity index (χ0) is 17.9. The molecule has 0 aromatic rings. The summed E-state index contributed by atoms with van der Waals surface area (Å²) in [7, 11) is -1.29. The van der Waals surface area contributed by atoms with E-state index in [1.807, 2.05) is 0 Å². The quantitative estimate of drug-likeness (QED) is 0.538. The van der Waals surface area contributed by atoms with Crippen molar-refractivity contribution in [2.75, 3.05) is 59.2 Å². The van der Waals surface area contributed by atoms with Crippen LogP contribution in [0.2, 0.25) is 0 Å². The highest BCUT2D eigenvalue weighted by molar-refractivity contribution is 7.88. The first-order valence-corrected chi connectivity index (χ1v) is 11.0. The largest absolute Gasteiger partial charge is 0.375 e. The lowest BCUT2D eigenvalue weighted by molar-refractivity contribution is -0.0817. The first kappa shape index (κ1) is 18.9. The molecule has 3 aliphatic rings. The van der Waals surface area contributed by atoms with Crippen LogP contribution in [0.3, 0.4) is 0 Å². The van der Waals surface area contributed by atoms with Crippen LogP contribution in [-0.2, 0) is 19.5 Å². The maximum atomic E-state index is 11.6. The number of hydrogen-bond donors (Lipinski definition) is 1. The van der Waals surface area contributed by atoms with Crippen molar-refractivity contribution in [3.8, 4) is 0 Å². The van der Waals surface area contributed by atoms with E-state index in [4.69, 9.17) is 9.47 Å². The predicted molar refractivity (Wildman–Crippen MR) is 96.2 cm³/mol. The zero-order valence-electron chi connectivity index (χ0n) is 15.2. The monoisotopic (exact) mass is 374 g/mol. The summed E-state index contributed by atoms with van der Waals surface area (Å²) in [6, 6.07) is 0. The number of nitrogens with zero attached hydrogens (tertiary/aromatic N) is 3. The second kappa shape index (κ2) is 8.20. The standard InChI is InChI=1S/C16H30N4O4S/c1-17-16(18-10-13-5-6-20(11-13)25(2,21)22)19-7-9-24-15(12-19)14-4-3-8-23-14/h13-15H,3-12H2,1-2H3,(H,17,18). The van der Waals surface area contributed by atoms with Crippen LogP contribution in [0.4, 0.5) is 0 Å². The fourth-order valence-electron chi connectivity index (χ4n) is 3.82. The molecule has 3 fully saturated rings. The molecule has 3 unspecified atom stereocenters. The predicted octanol–water partition coefficient (Wildman–Crippen LogP) is -0.277. The number of morpholine rings is 1. The van der Waals surface area contributed by atoms with Gasteiger partial charge in [0.05, 0.1) is 19.0 Å². The Balaban J connectivity index is 1.49. The fraction of sp³-hybridized carbons (Fsp3) is 0.938. The Morgan fingerprint density at radius 2 is 1.96 bits per heavy atom. The molecule has 3 rings (SSSR count). The maximum Gasteiger partial charge on any atom is 0.211 e. The van der Waals surface area contributed by atoms with E-state index in [0.29, 0.717) is 25.6 Å². The molecule has 144 valence electrons. The Bertz CT molecular complexity index is 577. The molecule has 3 saturated heterocycles. The van der Waals surface area contributed by atoms with Gasteiger partial charge < -0.3 is 19.7 Å². The first-order chi connectivity index (χ1) is 12.0. The van der Waals surface area contributed by atoms with Crippen LogP contribution < -0.4 is 5.32 Å². The maximum absolute atomic E-state index is 11.6. The topological polar surface area (TPSA) is 83.5 Å². The molecule has 0 aliphatic carbocycles. The van der Waals surface area contributed by atoms with Crippen LogP contribution in [0, 0.1) is 5.92 Å². The molecule has 0 saturated carbocycles. The molecule has 3 heterocycles. The van der Waals surface area contributed by atoms with Gasteiger partial charge in [-0.3, -0.25) is 4.99 Å². The molecule has 0 amide bonds. The van der Waals surface area contributed by atoms with Crippen LogP contribution in [-0.4, -0.2) is 95.0 Å². The fourth-order valence-corrected chi connectivity index (χ4v) is 4.74. The SMILES string of the molecule is CN=C(NCC1CCN(S(C)(=O)=O)C1)N1CCOC(C2CCCO2)C1. The van der Waals surface area contributed by atoms with Gasteiger partial charge in [-0.05, 0) is 25.2 Å². The average molecular weight is 375 g/mol. The lowest BCUT2D eigenvalue weighted by atomic mass is 10.1. The van der Waals surface area contributed by atoms with E-state index in [1.54, 1.807) is 11.4 Å². The Morgan fingerprint density at radius 3 is 2.60 bits per heavy atom. The van der Waals surface area contributed by atoms with Crippen LogP contribution >= 0.6 is 0 Å². The third-order valence-corrected chi connectivity index (χ3v) is 6.52. The molecule has 8 nitrogen and oxygen atoms in total. The van der Waals surface area contributed by atoms with Gasteiger partial charge in [-0.15, -0.1) is 0 Å². The molecule has 0 aromatic heterocycles. The molecule has 0 spiro atoms. The van der Waals surface area contributed by atoms with Gasteiger partial charge in [-0.25, -0.2) is 12.7 Å². The number of aliphatic imine (C=N–C) groups is 1. The molecule has 1 N–H and O–H groups in total. The van der Waals surface area contributed by atoms with E-state index in [1.165, 1.54) is 6.26 Å². The molecule has 25 heavy (non-hydrogen) atoms. The van der Waals surface area contributed by atoms with Crippen LogP contribution in [0.1, 0.15) is 19.3 Å². The molecule has 0 bridgehead atoms. The number of hydrogen-bond acceptors (Lipinski definition) is 5. The van der Waals surface area contributed by atoms with E-state index in [-0.39, 0.29) is 12.2 Å². The average Bonchev–Trinajstić information content (AvgIpc) is 3.27. The van der Waals surface area contributed by atoms with E-state index >= 15 is 0 Å². The third-order valence-electron chi connectivity index (χ3n) is 5.25. The molecule has 0 radical (unpaired) electrons. The van der Waals surface area contributed by atoms with Gasteiger partial charge in [0.25, 0.3) is 0 Å². The molecule has 3 aliphatic heterocycles. The second-order valence-corrected chi connectivity index (χ2v) is 9.09. The summed E-state index contributed by atoms with van der Waals surface area (Å²) in [5.74, 6) is 1.19. The van der Waals surface area contributed by atoms with Crippen molar-refractivity contribution in [2.24, 2.45) is 10.9 Å². The summed E-state index contributed by atoms with van der Waals surface area (Å²) < 4.78 is 36.5. The van der Waals surface area contributed by atoms with Crippen LogP contribution in [0.25, 0.3) is 0 Å². The molecule has 9 heteroatoms. The summed E-state index contributed by atoms with van der Waals surface area (Å²) in [6.45, 7) is 5.04. The summed E-state index contributed by atoms with van der Waals surface area (Å²) in [4.78, 5) is 6.63. The van der Waals surface area contributed by atoms with Crippen molar-refractivity contribution in [1.82, 2.24) is 14.5 Å². The van der Waals surface area contributed by atoms with Gasteiger partial charge >= 0.3 is 0 Å². The number of sulfonamides is 1. The lowest BCUT2D eigenvalue weighted by Gasteiger charge is -2.37. The highest BCUT2D eigenvalue weighted by Gasteiger charge is 2.33. The van der Waals surface area contributed by atoms with Crippen molar-refractivity contribution in [1.29, 1.82) is 0 Å². The molecule has 3 atom stereocenters. The Morgan fingerprint density at radius 1 is 1.16 bits per heavy atom. The second-order valence-electron chi connectivity index (χ2n) is 7.11. The highest BCUT2D eigenvalue weighted by atomic mass is 32.2. The zero-order valence-corrected chi connectivity index (χ0v) is 16.0. The Labute approximate surface area is 150 Å². The highest BCUT2D eigenvalue weighted by Crippen LogP contribution is 2.21. The van der Waals surface area contributed by atoms with Gasteiger partial charge in [0.2, 0.25) is 10.0 Å². The van der Waals surface area contributed by atoms with Gasteiger partial charge in [0, 0.05) is 46.4 Å². The number of rotatable bonds is 4. The lowest BCUT2D eigenvalue weighted by Crippen LogP contribution is -2.53. The van der Waals surface area contributed by atoms with E-state index in [2.05, 4.69) is 15.2 Å². The Kier molecular flexibility index (Phi) is 6.19. The Hall–Kier alpha value is -0.900. The van der Waals surface area contributed by atoms with Crippen molar-refractivity contribution in [3.63, 3.8) is 0 Å². The van der Waals surface area contributed by atoms with Crippen molar-refractivity contribution < 1.29 is 17.9 Å². The van der Waals surface area contributed by atoms with Crippen LogP contribution in [0.5, 0.6) is 0 Å². The minimum absolute atomic E-state index is 0.0991. The third kappa shape index (κ3) is 4.84. The van der Waals surface area contributed by atoms with Crippen molar-refractivity contribution >= 4 is 16.0 Å². The van der Waals surface area contributed by atoms with Crippen molar-refractivity contribution in [3.05, 3.63) is 0 Å². The summed E-state index contributed by atoms with van der Waals surface area (Å²) in [5, 5.41) is 3.42. The van der Waals surface area contributed by atoms with Gasteiger partial charge in [0.15, 0.2) is 5.96 Å². The summed E-state index contributed by atoms with van der Waals surface area (Å²) >= 11 is 0. The normalized spacial score (nSPS) is 32.3. The van der Waals surface area contributed by atoms with E-state index < -0.39 is 10.0 Å². The summed E-state index contributed by atoms with van der Waals surface area (Å²) in [6.07, 6.45) is 4.63. The minimum atomic E-state index is -3.08. The smallest absolute Gasteiger partial charge is 0.211 e. The van der Waals surface area contributed by atoms with Gasteiger partial charge in [-0.2, -0.15) is 0 Å². The number of ether oxygens (including phenoxy) is 2. The first-order valence-electron chi connectivity index (χ1n) is 9.11. The molecule has 0 aromatic carbocycles. The number of nitrogens with one attached hydrogen (secondary N) is 1. The van der Waals surface area contributed by atoms with Gasteiger partial charge in [0.1, 0.15) is 6.10 Å². The minimum Gasteiger partial charge on any atom is -0.375 e. The van der Waals surface area contributed by atoms with Crippen LogP contribution in [0.15, 0.2) is 4.99 Å². The van der Waals surface area contributed by atoms with Gasteiger partial charge in [-0.1, -0.05) is 0 Å². The van der Waals surface area contributed by atoms with E-state index in [0.717, 1.165) is 51.5 Å². The van der Waals surface area contributed by atoms with Crippen molar-refractivity contribution in [2.45, 2.75) is 31.5 Å².